The van der Waals surface area contributed by atoms with E-state index in [0.717, 1.165) is 18.4 Å². The van der Waals surface area contributed by atoms with Gasteiger partial charge in [-0.15, -0.1) is 11.3 Å². The minimum atomic E-state index is -0.526. The first-order chi connectivity index (χ1) is 15.6. The first-order valence-corrected chi connectivity index (χ1v) is 11.9. The lowest BCUT2D eigenvalue weighted by molar-refractivity contribution is -0.134. The fraction of sp³-hybridized carbons (Fsp3) is 0.308. The normalized spacial score (nSPS) is 13.8. The van der Waals surface area contributed by atoms with Crippen molar-refractivity contribution in [1.29, 1.82) is 0 Å². The van der Waals surface area contributed by atoms with Crippen molar-refractivity contribution in [3.8, 4) is 5.75 Å². The van der Waals surface area contributed by atoms with Crippen LogP contribution in [0.3, 0.4) is 0 Å². The van der Waals surface area contributed by atoms with Gasteiger partial charge in [0, 0.05) is 23.5 Å². The van der Waals surface area contributed by atoms with Gasteiger partial charge < -0.3 is 15.0 Å². The van der Waals surface area contributed by atoms with Crippen molar-refractivity contribution in [3.63, 3.8) is 0 Å². The third-order valence-corrected chi connectivity index (χ3v) is 6.67. The van der Waals surface area contributed by atoms with E-state index in [1.807, 2.05) is 48.2 Å². The Kier molecular flexibility index (Phi) is 7.22. The van der Waals surface area contributed by atoms with Gasteiger partial charge in [-0.1, -0.05) is 49.7 Å². The number of nitrogens with one attached hydrogen (secondary N) is 1. The average molecular weight is 449 g/mol. The largest absolute Gasteiger partial charge is 0.489 e. The van der Waals surface area contributed by atoms with Crippen molar-refractivity contribution in [2.75, 3.05) is 6.54 Å². The number of nitrogens with zero attached hydrogens (tertiary/aromatic N) is 1. The molecular weight excluding hydrogens is 420 g/mol. The van der Waals surface area contributed by atoms with Crippen LogP contribution in [0.1, 0.15) is 46.1 Å². The summed E-state index contributed by atoms with van der Waals surface area (Å²) in [5.41, 5.74) is 2.77. The maximum Gasteiger partial charge on any atom is 0.252 e. The molecule has 0 saturated heterocycles. The molecule has 0 radical (unpaired) electrons. The molecule has 5 nitrogen and oxygen atoms in total. The molecule has 0 fully saturated rings. The van der Waals surface area contributed by atoms with E-state index in [-0.39, 0.29) is 11.8 Å². The Hall–Kier alpha value is -3.12. The van der Waals surface area contributed by atoms with Crippen LogP contribution in [-0.4, -0.2) is 29.3 Å². The second kappa shape index (κ2) is 10.5. The SMILES string of the molecule is CCCC(NC(=O)c1cccc(OCc2ccccc2)c1)C(=O)N1CCc2sccc2C1. The molecule has 2 heterocycles. The Balaban J connectivity index is 1.40. The summed E-state index contributed by atoms with van der Waals surface area (Å²) in [5, 5.41) is 5.05. The molecule has 0 bridgehead atoms. The maximum atomic E-state index is 13.2. The fourth-order valence-corrected chi connectivity index (χ4v) is 4.80. The van der Waals surface area contributed by atoms with Crippen LogP contribution in [0.2, 0.25) is 0 Å². The van der Waals surface area contributed by atoms with Gasteiger partial charge in [0.2, 0.25) is 5.91 Å². The molecule has 2 aromatic carbocycles. The molecule has 166 valence electrons. The monoisotopic (exact) mass is 448 g/mol. The van der Waals surface area contributed by atoms with Crippen LogP contribution in [0, 0.1) is 0 Å². The number of hydrogen-bond donors (Lipinski definition) is 1. The molecule has 32 heavy (non-hydrogen) atoms. The number of ether oxygens (including phenoxy) is 1. The van der Waals surface area contributed by atoms with Crippen LogP contribution >= 0.6 is 11.3 Å². The molecule has 2 amide bonds. The molecule has 3 aromatic rings. The molecule has 6 heteroatoms. The van der Waals surface area contributed by atoms with Gasteiger partial charge in [0.1, 0.15) is 18.4 Å². The van der Waals surface area contributed by atoms with Gasteiger partial charge in [-0.3, -0.25) is 9.59 Å². The number of carbonyl (C=O) groups is 2. The molecule has 0 saturated carbocycles. The summed E-state index contributed by atoms with van der Waals surface area (Å²) in [7, 11) is 0. The zero-order valence-electron chi connectivity index (χ0n) is 18.3. The lowest BCUT2D eigenvalue weighted by Crippen LogP contribution is -2.49. The molecule has 1 unspecified atom stereocenters. The number of fused-ring (bicyclic) bond motifs is 1. The predicted octanol–water partition coefficient (Wildman–Crippen LogP) is 4.81. The van der Waals surface area contributed by atoms with Gasteiger partial charge in [0.25, 0.3) is 5.91 Å². The predicted molar refractivity (Wildman–Crippen MR) is 127 cm³/mol. The van der Waals surface area contributed by atoms with E-state index >= 15 is 0 Å². The smallest absolute Gasteiger partial charge is 0.252 e. The van der Waals surface area contributed by atoms with Crippen LogP contribution in [0.25, 0.3) is 0 Å². The van der Waals surface area contributed by atoms with Crippen molar-refractivity contribution in [2.45, 2.75) is 45.4 Å². The molecule has 1 N–H and O–H groups in total. The zero-order valence-corrected chi connectivity index (χ0v) is 19.1. The van der Waals surface area contributed by atoms with Crippen molar-refractivity contribution >= 4 is 23.2 Å². The lowest BCUT2D eigenvalue weighted by atomic mass is 10.1. The van der Waals surface area contributed by atoms with Gasteiger partial charge in [-0.05, 0) is 53.6 Å². The lowest BCUT2D eigenvalue weighted by Gasteiger charge is -2.31. The summed E-state index contributed by atoms with van der Waals surface area (Å²) in [4.78, 5) is 29.4. The van der Waals surface area contributed by atoms with Crippen molar-refractivity contribution in [1.82, 2.24) is 10.2 Å². The Morgan fingerprint density at radius 3 is 2.78 bits per heavy atom. The van der Waals surface area contributed by atoms with Gasteiger partial charge in [-0.25, -0.2) is 0 Å². The highest BCUT2D eigenvalue weighted by Gasteiger charge is 2.28. The van der Waals surface area contributed by atoms with Crippen LogP contribution in [0.15, 0.2) is 66.0 Å². The maximum absolute atomic E-state index is 13.2. The van der Waals surface area contributed by atoms with E-state index in [0.29, 0.717) is 37.4 Å². The van der Waals surface area contributed by atoms with Gasteiger partial charge in [0.15, 0.2) is 0 Å². The summed E-state index contributed by atoms with van der Waals surface area (Å²) >= 11 is 1.75. The van der Waals surface area contributed by atoms with E-state index in [1.54, 1.807) is 29.5 Å². The first-order valence-electron chi connectivity index (χ1n) is 11.1. The molecule has 0 aliphatic carbocycles. The van der Waals surface area contributed by atoms with Crippen molar-refractivity contribution in [3.05, 3.63) is 87.6 Å². The summed E-state index contributed by atoms with van der Waals surface area (Å²) < 4.78 is 5.85. The van der Waals surface area contributed by atoms with Crippen LogP contribution < -0.4 is 10.1 Å². The Morgan fingerprint density at radius 1 is 1.12 bits per heavy atom. The molecule has 0 spiro atoms. The van der Waals surface area contributed by atoms with Crippen LogP contribution in [-0.2, 0) is 24.4 Å². The summed E-state index contributed by atoms with van der Waals surface area (Å²) in [6.45, 7) is 3.78. The highest BCUT2D eigenvalue weighted by atomic mass is 32.1. The molecule has 1 aliphatic rings. The van der Waals surface area contributed by atoms with Crippen molar-refractivity contribution < 1.29 is 14.3 Å². The number of carbonyl (C=O) groups excluding carboxylic acids is 2. The number of hydrogen-bond acceptors (Lipinski definition) is 4. The first kappa shape index (κ1) is 22.1. The second-order valence-electron chi connectivity index (χ2n) is 8.00. The average Bonchev–Trinajstić information content (AvgIpc) is 3.31. The number of rotatable bonds is 8. The van der Waals surface area contributed by atoms with E-state index < -0.39 is 6.04 Å². The highest BCUT2D eigenvalue weighted by Crippen LogP contribution is 2.25. The number of thiophene rings is 1. The minimum Gasteiger partial charge on any atom is -0.489 e. The highest BCUT2D eigenvalue weighted by molar-refractivity contribution is 7.10. The molecule has 1 aromatic heterocycles. The third-order valence-electron chi connectivity index (χ3n) is 5.64. The van der Waals surface area contributed by atoms with E-state index in [2.05, 4.69) is 16.8 Å². The number of amides is 2. The topological polar surface area (TPSA) is 58.6 Å². The van der Waals surface area contributed by atoms with E-state index in [1.165, 1.54) is 10.4 Å². The van der Waals surface area contributed by atoms with Gasteiger partial charge >= 0.3 is 0 Å². The van der Waals surface area contributed by atoms with Gasteiger partial charge in [-0.2, -0.15) is 0 Å². The van der Waals surface area contributed by atoms with E-state index in [4.69, 9.17) is 4.74 Å². The summed E-state index contributed by atoms with van der Waals surface area (Å²) in [6.07, 6.45) is 2.31. The molecule has 1 aliphatic heterocycles. The molecule has 1 atom stereocenters. The van der Waals surface area contributed by atoms with Crippen molar-refractivity contribution in [2.24, 2.45) is 0 Å². The second-order valence-corrected chi connectivity index (χ2v) is 9.00. The minimum absolute atomic E-state index is 0.00599. The van der Waals surface area contributed by atoms with Crippen LogP contribution in [0.4, 0.5) is 0 Å². The zero-order chi connectivity index (χ0) is 22.3. The molecule has 4 rings (SSSR count). The standard InChI is InChI=1S/C26H28N2O3S/c1-2-7-23(26(30)28-14-12-24-21(17-28)13-15-32-24)27-25(29)20-10-6-11-22(16-20)31-18-19-8-4-3-5-9-19/h3-6,8-11,13,15-16,23H,2,7,12,14,17-18H2,1H3,(H,27,29). The number of benzene rings is 2. The molecular formula is C26H28N2O3S. The Labute approximate surface area is 193 Å². The third kappa shape index (κ3) is 5.37. The quantitative estimate of drug-likeness (QED) is 0.538. The Morgan fingerprint density at radius 2 is 1.97 bits per heavy atom. The Bertz CT molecular complexity index is 1060. The van der Waals surface area contributed by atoms with E-state index in [9.17, 15) is 9.59 Å². The summed E-state index contributed by atoms with van der Waals surface area (Å²) in [6, 6.07) is 18.6. The van der Waals surface area contributed by atoms with Crippen LogP contribution in [0.5, 0.6) is 5.75 Å². The van der Waals surface area contributed by atoms with Gasteiger partial charge in [0.05, 0.1) is 0 Å². The summed E-state index contributed by atoms with van der Waals surface area (Å²) in [5.74, 6) is 0.365. The fourth-order valence-electron chi connectivity index (χ4n) is 3.91.